The Kier molecular flexibility index (Phi) is 8.62. The van der Waals surface area contributed by atoms with Crippen molar-refractivity contribution in [3.8, 4) is 5.75 Å². The van der Waals surface area contributed by atoms with Gasteiger partial charge in [-0.05, 0) is 48.5 Å². The van der Waals surface area contributed by atoms with Crippen LogP contribution < -0.4 is 10.5 Å². The van der Waals surface area contributed by atoms with E-state index in [2.05, 4.69) is 4.99 Å². The van der Waals surface area contributed by atoms with Crippen molar-refractivity contribution in [3.63, 3.8) is 0 Å². The molecule has 0 aliphatic carbocycles. The molecule has 0 fully saturated rings. The largest absolute Gasteiger partial charge is 0.494 e. The van der Waals surface area contributed by atoms with Crippen LogP contribution in [0.25, 0.3) is 0 Å². The van der Waals surface area contributed by atoms with Gasteiger partial charge in [-0.25, -0.2) is 13.4 Å². The maximum atomic E-state index is 13.1. The highest BCUT2D eigenvalue weighted by molar-refractivity contribution is 7.91. The van der Waals surface area contributed by atoms with Crippen LogP contribution in [0.1, 0.15) is 30.1 Å². The third-order valence-corrected chi connectivity index (χ3v) is 8.46. The molecule has 1 aliphatic rings. The number of nitrogens with zero attached hydrogens (tertiary/aromatic N) is 1. The number of halogens is 2. The molecule has 200 valence electrons. The SMILES string of the molecule is NC(=O)[C@]1(CCS(=O)(=O)c2ccccc2)N=C(c2ccc(OCCCO)cc2)O[C@@H]1c1ccc(Cl)cc1Cl. The molecule has 3 aromatic rings. The van der Waals surface area contributed by atoms with Crippen LogP contribution in [-0.4, -0.2) is 49.8 Å². The number of hydrogen-bond acceptors (Lipinski definition) is 7. The summed E-state index contributed by atoms with van der Waals surface area (Å²) in [7, 11) is -3.76. The van der Waals surface area contributed by atoms with Crippen LogP contribution in [0.2, 0.25) is 10.0 Å². The van der Waals surface area contributed by atoms with Gasteiger partial charge < -0.3 is 20.3 Å². The summed E-state index contributed by atoms with van der Waals surface area (Å²) < 4.78 is 37.9. The summed E-state index contributed by atoms with van der Waals surface area (Å²) in [5.74, 6) is -0.567. The average Bonchev–Trinajstić information content (AvgIpc) is 3.29. The molecule has 4 rings (SSSR count). The second-order valence-corrected chi connectivity index (χ2v) is 11.7. The summed E-state index contributed by atoms with van der Waals surface area (Å²) >= 11 is 12.6. The summed E-state index contributed by atoms with van der Waals surface area (Å²) in [6, 6.07) is 19.4. The number of aliphatic hydroxyl groups excluding tert-OH is 1. The fourth-order valence-corrected chi connectivity index (χ4v) is 6.02. The molecule has 38 heavy (non-hydrogen) atoms. The van der Waals surface area contributed by atoms with E-state index in [0.717, 1.165) is 0 Å². The van der Waals surface area contributed by atoms with E-state index in [1.165, 1.54) is 18.2 Å². The molecular formula is C27H26Cl2N2O6S. The molecule has 3 aromatic carbocycles. The van der Waals surface area contributed by atoms with Crippen LogP contribution in [-0.2, 0) is 19.4 Å². The predicted octanol–water partition coefficient (Wildman–Crippen LogP) is 4.36. The van der Waals surface area contributed by atoms with Gasteiger partial charge in [-0.1, -0.05) is 47.5 Å². The molecule has 1 amide bonds. The van der Waals surface area contributed by atoms with E-state index in [-0.39, 0.29) is 28.8 Å². The first kappa shape index (κ1) is 27.9. The number of carbonyl (C=O) groups is 1. The van der Waals surface area contributed by atoms with Gasteiger partial charge in [0.2, 0.25) is 11.8 Å². The zero-order valence-electron chi connectivity index (χ0n) is 20.2. The highest BCUT2D eigenvalue weighted by Gasteiger charge is 2.53. The summed E-state index contributed by atoms with van der Waals surface area (Å²) in [6.07, 6.45) is -0.838. The number of ether oxygens (including phenoxy) is 2. The molecular weight excluding hydrogens is 551 g/mol. The van der Waals surface area contributed by atoms with Gasteiger partial charge >= 0.3 is 0 Å². The molecule has 0 radical (unpaired) electrons. The van der Waals surface area contributed by atoms with Gasteiger partial charge in [0.05, 0.1) is 17.3 Å². The molecule has 0 saturated heterocycles. The number of rotatable bonds is 11. The van der Waals surface area contributed by atoms with Gasteiger partial charge in [-0.15, -0.1) is 0 Å². The number of benzene rings is 3. The van der Waals surface area contributed by atoms with Crippen molar-refractivity contribution in [1.82, 2.24) is 0 Å². The minimum absolute atomic E-state index is 0.0204. The van der Waals surface area contributed by atoms with Gasteiger partial charge in [0.1, 0.15) is 5.75 Å². The van der Waals surface area contributed by atoms with Crippen molar-refractivity contribution >= 4 is 44.8 Å². The Hall–Kier alpha value is -3.11. The number of aliphatic hydroxyl groups is 1. The molecule has 1 heterocycles. The molecule has 0 saturated carbocycles. The Labute approximate surface area is 230 Å². The monoisotopic (exact) mass is 576 g/mol. The van der Waals surface area contributed by atoms with Crippen LogP contribution in [0.4, 0.5) is 0 Å². The number of amides is 1. The minimum Gasteiger partial charge on any atom is -0.494 e. The molecule has 11 heteroatoms. The van der Waals surface area contributed by atoms with Crippen LogP contribution >= 0.6 is 23.2 Å². The van der Waals surface area contributed by atoms with E-state index in [9.17, 15) is 13.2 Å². The minimum atomic E-state index is -3.76. The van der Waals surface area contributed by atoms with E-state index in [0.29, 0.717) is 34.9 Å². The lowest BCUT2D eigenvalue weighted by Crippen LogP contribution is -2.47. The molecule has 0 unspecified atom stereocenters. The Morgan fingerprint density at radius 1 is 1.08 bits per heavy atom. The van der Waals surface area contributed by atoms with Gasteiger partial charge in [-0.3, -0.25) is 4.79 Å². The van der Waals surface area contributed by atoms with Crippen LogP contribution in [0, 0.1) is 0 Å². The highest BCUT2D eigenvalue weighted by atomic mass is 35.5. The predicted molar refractivity (Wildman–Crippen MR) is 146 cm³/mol. The third-order valence-electron chi connectivity index (χ3n) is 6.16. The van der Waals surface area contributed by atoms with Crippen LogP contribution in [0.3, 0.4) is 0 Å². The van der Waals surface area contributed by atoms with E-state index >= 15 is 0 Å². The topological polar surface area (TPSA) is 128 Å². The Morgan fingerprint density at radius 3 is 2.42 bits per heavy atom. The average molecular weight is 577 g/mol. The first-order valence-corrected chi connectivity index (χ1v) is 14.2. The third kappa shape index (κ3) is 5.96. The number of primary amides is 1. The van der Waals surface area contributed by atoms with Crippen molar-refractivity contribution < 1.29 is 27.8 Å². The maximum absolute atomic E-state index is 13.1. The highest BCUT2D eigenvalue weighted by Crippen LogP contribution is 2.45. The number of nitrogens with two attached hydrogens (primary N) is 1. The molecule has 0 spiro atoms. The molecule has 0 aromatic heterocycles. The summed E-state index contributed by atoms with van der Waals surface area (Å²) in [6.45, 7) is 0.373. The fourth-order valence-electron chi connectivity index (χ4n) is 4.12. The second-order valence-electron chi connectivity index (χ2n) is 8.70. The standard InChI is InChI=1S/C27H26Cl2N2O6S/c28-19-9-12-22(23(29)17-19)24-27(26(30)33,13-16-38(34,35)21-5-2-1-3-6-21)31-25(37-24)18-7-10-20(11-8-18)36-15-4-14-32/h1-3,5-12,17,24,32H,4,13-16H2,(H2,30,33)/t24-,27-/m1/s1. The van der Waals surface area contributed by atoms with Crippen molar-refractivity contribution in [3.05, 3.63) is 94.0 Å². The Bertz CT molecular complexity index is 1430. The molecule has 0 bridgehead atoms. The first-order chi connectivity index (χ1) is 18.2. The maximum Gasteiger partial charge on any atom is 0.249 e. The molecule has 8 nitrogen and oxygen atoms in total. The van der Waals surface area contributed by atoms with Crippen LogP contribution in [0.5, 0.6) is 5.75 Å². The quantitative estimate of drug-likeness (QED) is 0.326. The lowest BCUT2D eigenvalue weighted by Gasteiger charge is -2.29. The number of carbonyl (C=O) groups excluding carboxylic acids is 1. The van der Waals surface area contributed by atoms with Crippen molar-refractivity contribution in [2.75, 3.05) is 19.0 Å². The van der Waals surface area contributed by atoms with Crippen molar-refractivity contribution in [1.29, 1.82) is 0 Å². The van der Waals surface area contributed by atoms with Gasteiger partial charge in [0.25, 0.3) is 0 Å². The summed E-state index contributed by atoms with van der Waals surface area (Å²) in [5, 5.41) is 9.54. The van der Waals surface area contributed by atoms with E-state index in [4.69, 9.17) is 43.5 Å². The van der Waals surface area contributed by atoms with E-state index < -0.39 is 33.1 Å². The van der Waals surface area contributed by atoms with Crippen LogP contribution in [0.15, 0.2) is 82.7 Å². The molecule has 1 aliphatic heterocycles. The molecule has 3 N–H and O–H groups in total. The lowest BCUT2D eigenvalue weighted by atomic mass is 9.85. The fraction of sp³-hybridized carbons (Fsp3) is 0.259. The van der Waals surface area contributed by atoms with Gasteiger partial charge in [-0.2, -0.15) is 0 Å². The smallest absolute Gasteiger partial charge is 0.249 e. The zero-order chi connectivity index (χ0) is 27.3. The normalized spacial score (nSPS) is 19.0. The van der Waals surface area contributed by atoms with Gasteiger partial charge in [0.15, 0.2) is 21.5 Å². The number of hydrogen-bond donors (Lipinski definition) is 2. The lowest BCUT2D eigenvalue weighted by molar-refractivity contribution is -0.125. The Balaban J connectivity index is 1.72. The Morgan fingerprint density at radius 2 is 1.79 bits per heavy atom. The summed E-state index contributed by atoms with van der Waals surface area (Å²) in [4.78, 5) is 17.8. The van der Waals surface area contributed by atoms with Gasteiger partial charge in [0, 0.05) is 40.6 Å². The van der Waals surface area contributed by atoms with Crippen molar-refractivity contribution in [2.24, 2.45) is 10.7 Å². The van der Waals surface area contributed by atoms with E-state index in [1.807, 2.05) is 0 Å². The first-order valence-electron chi connectivity index (χ1n) is 11.8. The second kappa shape index (κ2) is 11.7. The van der Waals surface area contributed by atoms with Crippen molar-refractivity contribution in [2.45, 2.75) is 29.4 Å². The van der Waals surface area contributed by atoms with E-state index in [1.54, 1.807) is 54.6 Å². The molecule has 2 atom stereocenters. The number of aliphatic imine (C=N–C) groups is 1. The zero-order valence-corrected chi connectivity index (χ0v) is 22.5. The summed E-state index contributed by atoms with van der Waals surface area (Å²) in [5.41, 5.74) is 5.08. The number of sulfone groups is 1.